The molecule has 1 amide bonds. The van der Waals surface area contributed by atoms with Crippen molar-refractivity contribution in [3.63, 3.8) is 0 Å². The van der Waals surface area contributed by atoms with Gasteiger partial charge < -0.3 is 4.90 Å². The summed E-state index contributed by atoms with van der Waals surface area (Å²) in [5.41, 5.74) is 3.67. The van der Waals surface area contributed by atoms with Crippen LogP contribution in [0.1, 0.15) is 36.9 Å². The molecule has 1 aliphatic heterocycles. The van der Waals surface area contributed by atoms with Gasteiger partial charge in [0.1, 0.15) is 0 Å². The number of amides is 1. The van der Waals surface area contributed by atoms with Crippen LogP contribution in [0.5, 0.6) is 0 Å². The van der Waals surface area contributed by atoms with Gasteiger partial charge in [-0.15, -0.1) is 11.3 Å². The molecule has 0 aromatic carbocycles. The molecule has 0 atom stereocenters. The van der Waals surface area contributed by atoms with Crippen LogP contribution in [0.4, 0.5) is 0 Å². The average molecular weight is 359 g/mol. The largest absolute Gasteiger partial charge is 0.339 e. The lowest BCUT2D eigenvalue weighted by Crippen LogP contribution is -2.37. The molecule has 2 aromatic heterocycles. The fourth-order valence-corrected chi connectivity index (χ4v) is 4.50. The summed E-state index contributed by atoms with van der Waals surface area (Å²) >= 11 is 8.28. The van der Waals surface area contributed by atoms with Crippen LogP contribution in [0, 0.1) is 0 Å². The van der Waals surface area contributed by atoms with E-state index in [4.69, 9.17) is 16.6 Å². The smallest absolute Gasteiger partial charge is 0.251 e. The van der Waals surface area contributed by atoms with E-state index in [0.717, 1.165) is 59.8 Å². The van der Waals surface area contributed by atoms with Crippen LogP contribution in [0.15, 0.2) is 35.2 Å². The zero-order valence-electron chi connectivity index (χ0n) is 13.4. The van der Waals surface area contributed by atoms with Gasteiger partial charge in [-0.2, -0.15) is 0 Å². The molecule has 0 saturated carbocycles. The fourth-order valence-electron chi connectivity index (χ4n) is 3.46. The van der Waals surface area contributed by atoms with Crippen molar-refractivity contribution in [3.8, 4) is 10.6 Å². The first kappa shape index (κ1) is 15.9. The van der Waals surface area contributed by atoms with Gasteiger partial charge in [-0.1, -0.05) is 17.7 Å². The van der Waals surface area contributed by atoms with Gasteiger partial charge >= 0.3 is 0 Å². The maximum absolute atomic E-state index is 12.8. The molecule has 124 valence electrons. The predicted octanol–water partition coefficient (Wildman–Crippen LogP) is 4.72. The zero-order chi connectivity index (χ0) is 16.5. The lowest BCUT2D eigenvalue weighted by atomic mass is 9.94. The quantitative estimate of drug-likeness (QED) is 0.778. The molecule has 3 nitrogen and oxygen atoms in total. The molecule has 1 fully saturated rings. The Kier molecular flexibility index (Phi) is 4.42. The normalized spacial score (nSPS) is 17.8. The number of fused-ring (bicyclic) bond motifs is 1. The fraction of sp³-hybridized carbons (Fsp3) is 0.368. The van der Waals surface area contributed by atoms with Crippen LogP contribution in [0.25, 0.3) is 15.6 Å². The molecule has 0 bridgehead atoms. The van der Waals surface area contributed by atoms with E-state index < -0.39 is 0 Å². The Morgan fingerprint density at radius 3 is 2.71 bits per heavy atom. The first-order chi connectivity index (χ1) is 11.7. The third-order valence-corrected chi connectivity index (χ3v) is 6.09. The molecular weight excluding hydrogens is 340 g/mol. The van der Waals surface area contributed by atoms with Crippen LogP contribution >= 0.6 is 22.9 Å². The number of hydrogen-bond donors (Lipinski definition) is 0. The van der Waals surface area contributed by atoms with E-state index in [0.29, 0.717) is 11.5 Å². The van der Waals surface area contributed by atoms with Crippen molar-refractivity contribution in [3.05, 3.63) is 46.5 Å². The maximum atomic E-state index is 12.8. The molecule has 4 rings (SSSR count). The number of nitrogens with zero attached hydrogens (tertiary/aromatic N) is 2. The Morgan fingerprint density at radius 1 is 1.12 bits per heavy atom. The third-order valence-electron chi connectivity index (χ3n) is 4.76. The SMILES string of the molecule is O=C(C1=C(Cl)c2ccc(-c3cccs3)nc2CC1)N1CCCCC1. The minimum absolute atomic E-state index is 0.118. The number of thiophene rings is 1. The van der Waals surface area contributed by atoms with Gasteiger partial charge in [-0.05, 0) is 55.7 Å². The molecule has 0 radical (unpaired) electrons. The highest BCUT2D eigenvalue weighted by Crippen LogP contribution is 2.36. The molecule has 0 unspecified atom stereocenters. The standard InChI is InChI=1S/C19H19ClN2OS/c20-18-13-6-9-16(17-5-4-12-24-17)21-15(13)8-7-14(18)19(23)22-10-2-1-3-11-22/h4-6,9,12H,1-3,7-8,10-11H2. The summed E-state index contributed by atoms with van der Waals surface area (Å²) in [5.74, 6) is 0.118. The van der Waals surface area contributed by atoms with Crippen LogP contribution < -0.4 is 0 Å². The van der Waals surface area contributed by atoms with Gasteiger partial charge in [-0.25, -0.2) is 0 Å². The molecule has 5 heteroatoms. The van der Waals surface area contributed by atoms with Gasteiger partial charge in [0.2, 0.25) is 0 Å². The topological polar surface area (TPSA) is 33.2 Å². The van der Waals surface area contributed by atoms with Crippen molar-refractivity contribution in [2.45, 2.75) is 32.1 Å². The predicted molar refractivity (Wildman–Crippen MR) is 99.1 cm³/mol. The molecule has 0 spiro atoms. The van der Waals surface area contributed by atoms with Gasteiger partial charge in [-0.3, -0.25) is 9.78 Å². The van der Waals surface area contributed by atoms with Crippen molar-refractivity contribution in [1.29, 1.82) is 0 Å². The highest BCUT2D eigenvalue weighted by Gasteiger charge is 2.27. The lowest BCUT2D eigenvalue weighted by Gasteiger charge is -2.29. The third kappa shape index (κ3) is 2.89. The van der Waals surface area contributed by atoms with Crippen molar-refractivity contribution >= 4 is 33.9 Å². The minimum Gasteiger partial charge on any atom is -0.339 e. The van der Waals surface area contributed by atoms with E-state index in [-0.39, 0.29) is 5.91 Å². The average Bonchev–Trinajstić information content (AvgIpc) is 3.17. The molecule has 3 heterocycles. The number of halogens is 1. The van der Waals surface area contributed by atoms with Crippen molar-refractivity contribution in [2.75, 3.05) is 13.1 Å². The Morgan fingerprint density at radius 2 is 1.96 bits per heavy atom. The Labute approximate surface area is 151 Å². The summed E-state index contributed by atoms with van der Waals surface area (Å²) in [6.45, 7) is 1.71. The summed E-state index contributed by atoms with van der Waals surface area (Å²) < 4.78 is 0. The summed E-state index contributed by atoms with van der Waals surface area (Å²) in [4.78, 5) is 20.7. The van der Waals surface area contributed by atoms with Crippen molar-refractivity contribution in [2.24, 2.45) is 0 Å². The number of likely N-dealkylation sites (tertiary alicyclic amines) is 1. The first-order valence-corrected chi connectivity index (χ1v) is 9.72. The number of aromatic nitrogens is 1. The number of rotatable bonds is 2. The lowest BCUT2D eigenvalue weighted by molar-refractivity contribution is -0.128. The Bertz CT molecular complexity index is 792. The number of aryl methyl sites for hydroxylation is 1. The summed E-state index contributed by atoms with van der Waals surface area (Å²) in [7, 11) is 0. The Balaban J connectivity index is 1.65. The highest BCUT2D eigenvalue weighted by molar-refractivity contribution is 7.13. The number of carbonyl (C=O) groups excluding carboxylic acids is 1. The maximum Gasteiger partial charge on any atom is 0.251 e. The van der Waals surface area contributed by atoms with Gasteiger partial charge in [0.15, 0.2) is 0 Å². The molecule has 2 aromatic rings. The van der Waals surface area contributed by atoms with Gasteiger partial charge in [0.25, 0.3) is 5.91 Å². The summed E-state index contributed by atoms with van der Waals surface area (Å²) in [5, 5.41) is 2.65. The number of pyridine rings is 1. The van der Waals surface area contributed by atoms with Crippen LogP contribution in [-0.4, -0.2) is 28.9 Å². The molecular formula is C19H19ClN2OS. The van der Waals surface area contributed by atoms with E-state index in [9.17, 15) is 4.79 Å². The van der Waals surface area contributed by atoms with E-state index >= 15 is 0 Å². The minimum atomic E-state index is 0.118. The molecule has 2 aliphatic rings. The second kappa shape index (κ2) is 6.69. The van der Waals surface area contributed by atoms with Crippen molar-refractivity contribution < 1.29 is 4.79 Å². The monoisotopic (exact) mass is 358 g/mol. The Hall–Kier alpha value is -1.65. The molecule has 0 N–H and O–H groups in total. The number of carbonyl (C=O) groups is 1. The van der Waals surface area contributed by atoms with Crippen LogP contribution in [0.3, 0.4) is 0 Å². The highest BCUT2D eigenvalue weighted by atomic mass is 35.5. The van der Waals surface area contributed by atoms with E-state index in [1.807, 2.05) is 23.1 Å². The molecule has 24 heavy (non-hydrogen) atoms. The summed E-state index contributed by atoms with van der Waals surface area (Å²) in [6, 6.07) is 8.12. The molecule has 1 aliphatic carbocycles. The zero-order valence-corrected chi connectivity index (χ0v) is 15.0. The number of hydrogen-bond acceptors (Lipinski definition) is 3. The first-order valence-electron chi connectivity index (χ1n) is 8.46. The van der Waals surface area contributed by atoms with E-state index in [2.05, 4.69) is 11.4 Å². The molecule has 1 saturated heterocycles. The van der Waals surface area contributed by atoms with E-state index in [1.54, 1.807) is 11.3 Å². The van der Waals surface area contributed by atoms with Crippen molar-refractivity contribution in [1.82, 2.24) is 9.88 Å². The van der Waals surface area contributed by atoms with Gasteiger partial charge in [0.05, 0.1) is 21.3 Å². The van der Waals surface area contributed by atoms with E-state index in [1.165, 1.54) is 6.42 Å². The van der Waals surface area contributed by atoms with Crippen LogP contribution in [0.2, 0.25) is 0 Å². The second-order valence-corrected chi connectivity index (χ2v) is 7.64. The summed E-state index contributed by atoms with van der Waals surface area (Å²) in [6.07, 6.45) is 4.87. The van der Waals surface area contributed by atoms with Gasteiger partial charge in [0, 0.05) is 24.2 Å². The number of piperidine rings is 1. The van der Waals surface area contributed by atoms with Crippen LogP contribution in [-0.2, 0) is 11.2 Å². The second-order valence-electron chi connectivity index (χ2n) is 6.31.